The van der Waals surface area contributed by atoms with Crippen LogP contribution in [0.25, 0.3) is 0 Å². The quantitative estimate of drug-likeness (QED) is 0.0507. The lowest BCUT2D eigenvalue weighted by atomic mass is 9.88. The molecule has 0 aliphatic rings. The highest BCUT2D eigenvalue weighted by Gasteiger charge is 2.95. The zero-order valence-electron chi connectivity index (χ0n) is 28.4. The van der Waals surface area contributed by atoms with Gasteiger partial charge in [0.25, 0.3) is 0 Å². The van der Waals surface area contributed by atoms with Crippen molar-refractivity contribution in [2.24, 2.45) is 17.8 Å². The summed E-state index contributed by atoms with van der Waals surface area (Å²) in [6.45, 7) is 6.58. The fourth-order valence-corrected chi connectivity index (χ4v) is 4.22. The van der Waals surface area contributed by atoms with E-state index in [2.05, 4.69) is 0 Å². The molecule has 0 aromatic heterocycles. The lowest BCUT2D eigenvalue weighted by Crippen LogP contribution is -2.74. The molecule has 0 bridgehead atoms. The number of carbonyl (C=O) groups is 1. The molecule has 0 amide bonds. The van der Waals surface area contributed by atoms with E-state index in [0.717, 1.165) is 12.7 Å². The average molecular weight is 805 g/mol. The standard InChI is InChI=1S/C33H37F17O3/c1-20(8-5-10-21(2)18-51)9-6-11-22(3)23(4)53-19-24-12-14-25(15-13-24)52-17-7-16-26(34,35)27(36,37)28(38,39)29(40,41)30(42,43)31(44,45)32(46,47)33(48,49)50/h5-6,8,11-15,18,20-23H,7,9-10,16-17,19H2,1-4H3/b8-5+,11-6+/t20-,21+,22+,23+/m0/s1. The van der Waals surface area contributed by atoms with Crippen LogP contribution in [0.3, 0.4) is 0 Å². The molecule has 0 N–H and O–H groups in total. The molecule has 0 spiro atoms. The normalized spacial score (nSPS) is 16.9. The van der Waals surface area contributed by atoms with Crippen molar-refractivity contribution in [3.63, 3.8) is 0 Å². The van der Waals surface area contributed by atoms with Crippen LogP contribution in [0.5, 0.6) is 5.75 Å². The second-order valence-electron chi connectivity index (χ2n) is 12.5. The third-order valence-corrected chi connectivity index (χ3v) is 8.02. The van der Waals surface area contributed by atoms with Gasteiger partial charge >= 0.3 is 47.6 Å². The van der Waals surface area contributed by atoms with E-state index in [9.17, 15) is 79.4 Å². The molecule has 306 valence electrons. The van der Waals surface area contributed by atoms with Crippen molar-refractivity contribution < 1.29 is 88.9 Å². The Morgan fingerprint density at radius 1 is 0.604 bits per heavy atom. The lowest BCUT2D eigenvalue weighted by Gasteiger charge is -2.42. The number of carbonyl (C=O) groups excluding carboxylic acids is 1. The first-order chi connectivity index (χ1) is 23.9. The van der Waals surface area contributed by atoms with Crippen LogP contribution in [-0.2, 0) is 16.1 Å². The summed E-state index contributed by atoms with van der Waals surface area (Å²) in [6.07, 6.45) is -1.87. The predicted molar refractivity (Wildman–Crippen MR) is 157 cm³/mol. The number of halogens is 17. The van der Waals surface area contributed by atoms with Gasteiger partial charge in [-0.3, -0.25) is 0 Å². The van der Waals surface area contributed by atoms with Crippen molar-refractivity contribution in [1.82, 2.24) is 0 Å². The highest BCUT2D eigenvalue weighted by atomic mass is 19.4. The van der Waals surface area contributed by atoms with E-state index in [4.69, 9.17) is 9.47 Å². The average Bonchev–Trinajstić information content (AvgIpc) is 3.04. The topological polar surface area (TPSA) is 35.5 Å². The summed E-state index contributed by atoms with van der Waals surface area (Å²) in [5.41, 5.74) is 0.563. The molecule has 0 saturated carbocycles. The van der Waals surface area contributed by atoms with Gasteiger partial charge in [0.05, 0.1) is 19.3 Å². The molecule has 3 nitrogen and oxygen atoms in total. The largest absolute Gasteiger partial charge is 0.494 e. The summed E-state index contributed by atoms with van der Waals surface area (Å²) in [4.78, 5) is 10.7. The summed E-state index contributed by atoms with van der Waals surface area (Å²) in [7, 11) is 0. The van der Waals surface area contributed by atoms with Gasteiger partial charge in [0.15, 0.2) is 0 Å². The first kappa shape index (κ1) is 48.0. The molecule has 1 aromatic carbocycles. The van der Waals surface area contributed by atoms with Crippen LogP contribution in [0, 0.1) is 17.8 Å². The van der Waals surface area contributed by atoms with Crippen molar-refractivity contribution in [1.29, 1.82) is 0 Å². The summed E-state index contributed by atoms with van der Waals surface area (Å²) in [5, 5.41) is 0. The van der Waals surface area contributed by atoms with Gasteiger partial charge in [-0.05, 0) is 55.7 Å². The SMILES string of the molecule is C[C@H](/C=C/C[C@@H](C)/C=C/C[C@@H](C)C=O)[C@@H](C)OCc1ccc(OCCCC(F)(F)C(F)(F)C(F)(F)C(F)(F)C(F)(F)C(F)(F)C(F)(F)C(F)(F)F)cc1. The minimum Gasteiger partial charge on any atom is -0.494 e. The van der Waals surface area contributed by atoms with Crippen molar-refractivity contribution >= 4 is 6.29 Å². The summed E-state index contributed by atoms with van der Waals surface area (Å²) < 4.78 is 239. The van der Waals surface area contributed by atoms with Gasteiger partial charge in [-0.2, -0.15) is 74.6 Å². The maximum atomic E-state index is 14.1. The minimum absolute atomic E-state index is 0.0166. The number of benzene rings is 1. The Bertz CT molecular complexity index is 1360. The molecule has 0 saturated heterocycles. The van der Waals surface area contributed by atoms with Gasteiger partial charge in [0.1, 0.15) is 12.0 Å². The first-order valence-electron chi connectivity index (χ1n) is 15.7. The minimum atomic E-state index is -8.65. The third kappa shape index (κ3) is 10.6. The molecule has 1 rings (SSSR count). The molecule has 0 aliphatic heterocycles. The molecular formula is C33H37F17O3. The van der Waals surface area contributed by atoms with Crippen molar-refractivity contribution in [2.75, 3.05) is 6.61 Å². The molecule has 53 heavy (non-hydrogen) atoms. The van der Waals surface area contributed by atoms with Crippen LogP contribution >= 0.6 is 0 Å². The molecule has 1 aromatic rings. The number of rotatable bonds is 22. The Morgan fingerprint density at radius 3 is 1.55 bits per heavy atom. The van der Waals surface area contributed by atoms with E-state index in [1.807, 2.05) is 45.1 Å². The van der Waals surface area contributed by atoms with Crippen LogP contribution in [0.1, 0.15) is 58.9 Å². The van der Waals surface area contributed by atoms with Crippen LogP contribution in [0.15, 0.2) is 48.6 Å². The van der Waals surface area contributed by atoms with Crippen LogP contribution in [0.2, 0.25) is 0 Å². The monoisotopic (exact) mass is 804 g/mol. The number of allylic oxidation sites excluding steroid dienone is 3. The fraction of sp³-hybridized carbons (Fsp3) is 0.667. The number of hydrogen-bond acceptors (Lipinski definition) is 3. The summed E-state index contributed by atoms with van der Waals surface area (Å²) in [5.74, 6) is -56.4. The van der Waals surface area contributed by atoms with E-state index in [-0.39, 0.29) is 36.2 Å². The zero-order chi connectivity index (χ0) is 41.5. The molecule has 4 atom stereocenters. The van der Waals surface area contributed by atoms with Crippen molar-refractivity contribution in [3.05, 3.63) is 54.1 Å². The first-order valence-corrected chi connectivity index (χ1v) is 15.7. The summed E-state index contributed by atoms with van der Waals surface area (Å²) in [6, 6.07) is 5.31. The fourth-order valence-electron chi connectivity index (χ4n) is 4.22. The smallest absolute Gasteiger partial charge is 0.460 e. The van der Waals surface area contributed by atoms with E-state index < -0.39 is 67.1 Å². The van der Waals surface area contributed by atoms with Gasteiger partial charge in [0, 0.05) is 12.3 Å². The molecule has 0 fully saturated rings. The van der Waals surface area contributed by atoms with Crippen LogP contribution in [-0.4, -0.2) is 66.6 Å². The molecule has 0 radical (unpaired) electrons. The van der Waals surface area contributed by atoms with Crippen molar-refractivity contribution in [3.8, 4) is 5.75 Å². The molecule has 20 heteroatoms. The molecular weight excluding hydrogens is 767 g/mol. The van der Waals surface area contributed by atoms with Gasteiger partial charge in [-0.15, -0.1) is 0 Å². The Hall–Kier alpha value is -3.06. The molecule has 0 heterocycles. The Kier molecular flexibility index (Phi) is 15.9. The van der Waals surface area contributed by atoms with E-state index >= 15 is 0 Å². The second kappa shape index (κ2) is 17.6. The van der Waals surface area contributed by atoms with E-state index in [1.165, 1.54) is 24.3 Å². The van der Waals surface area contributed by atoms with E-state index in [0.29, 0.717) is 12.0 Å². The van der Waals surface area contributed by atoms with Gasteiger partial charge in [-0.25, -0.2) is 0 Å². The zero-order valence-corrected chi connectivity index (χ0v) is 28.4. The molecule has 0 aliphatic carbocycles. The maximum Gasteiger partial charge on any atom is 0.460 e. The maximum absolute atomic E-state index is 14.1. The molecule has 0 unspecified atom stereocenters. The predicted octanol–water partition coefficient (Wildman–Crippen LogP) is 11.8. The number of ether oxygens (including phenoxy) is 2. The van der Waals surface area contributed by atoms with Crippen LogP contribution < -0.4 is 4.74 Å². The Labute approximate surface area is 293 Å². The summed E-state index contributed by atoms with van der Waals surface area (Å²) >= 11 is 0. The number of aldehydes is 1. The van der Waals surface area contributed by atoms with Gasteiger partial charge in [0.2, 0.25) is 0 Å². The number of hydrogen-bond donors (Lipinski definition) is 0. The number of alkyl halides is 17. The second-order valence-corrected chi connectivity index (χ2v) is 12.5. The Balaban J connectivity index is 2.79. The van der Waals surface area contributed by atoms with Gasteiger partial charge < -0.3 is 14.3 Å². The van der Waals surface area contributed by atoms with Crippen LogP contribution in [0.4, 0.5) is 74.6 Å². The van der Waals surface area contributed by atoms with Gasteiger partial charge in [-0.1, -0.05) is 57.2 Å². The van der Waals surface area contributed by atoms with Crippen molar-refractivity contribution in [2.45, 2.75) is 114 Å². The van der Waals surface area contributed by atoms with E-state index in [1.54, 1.807) is 6.92 Å². The third-order valence-electron chi connectivity index (χ3n) is 8.02. The Morgan fingerprint density at radius 2 is 1.06 bits per heavy atom. The highest BCUT2D eigenvalue weighted by Crippen LogP contribution is 2.64. The highest BCUT2D eigenvalue weighted by molar-refractivity contribution is 5.53. The lowest BCUT2D eigenvalue weighted by molar-refractivity contribution is -0.461.